The molecule has 170 valence electrons. The van der Waals surface area contributed by atoms with E-state index in [9.17, 15) is 14.7 Å². The maximum Gasteiger partial charge on any atom is 0.303 e. The second-order valence-corrected chi connectivity index (χ2v) is 8.06. The van der Waals surface area contributed by atoms with Crippen molar-refractivity contribution in [3.8, 4) is 11.5 Å². The van der Waals surface area contributed by atoms with Crippen molar-refractivity contribution in [3.05, 3.63) is 72.3 Å². The fourth-order valence-corrected chi connectivity index (χ4v) is 3.86. The molecule has 0 aromatic heterocycles. The molecule has 6 nitrogen and oxygen atoms in total. The maximum atomic E-state index is 12.2. The second kappa shape index (κ2) is 12.1. The molecule has 3 rings (SSSR count). The smallest absolute Gasteiger partial charge is 0.303 e. The Bertz CT molecular complexity index is 894. The van der Waals surface area contributed by atoms with Gasteiger partial charge in [-0.25, -0.2) is 0 Å². The highest BCUT2D eigenvalue weighted by atomic mass is 16.5. The number of nitrogens with zero attached hydrogens (tertiary/aromatic N) is 1. The minimum Gasteiger partial charge on any atom is -0.481 e. The minimum absolute atomic E-state index is 0.00291. The number of ether oxygens (including phenoxy) is 1. The Morgan fingerprint density at radius 2 is 1.72 bits per heavy atom. The van der Waals surface area contributed by atoms with E-state index < -0.39 is 12.1 Å². The van der Waals surface area contributed by atoms with E-state index in [1.165, 1.54) is 0 Å². The number of likely N-dealkylation sites (tertiary alicyclic amines) is 1. The Hall–Kier alpha value is -3.12. The lowest BCUT2D eigenvalue weighted by Gasteiger charge is -2.22. The Morgan fingerprint density at radius 3 is 2.44 bits per heavy atom. The standard InChI is InChI=1S/C26H31NO5/c28-24(20-11-15-23(16-12-20)32-22-8-4-3-5-9-22)17-13-21-14-18-25(29)27(21)19-7-2-1-6-10-26(30)31/h3-5,8-9,11-13,15-17,21,24,28H,1-2,6-7,10,14,18-19H2,(H,30,31)/t21-,24?/m0/s1. The van der Waals surface area contributed by atoms with Gasteiger partial charge >= 0.3 is 5.97 Å². The predicted molar refractivity (Wildman–Crippen MR) is 123 cm³/mol. The van der Waals surface area contributed by atoms with E-state index in [0.717, 1.165) is 37.0 Å². The van der Waals surface area contributed by atoms with Gasteiger partial charge in [-0.2, -0.15) is 0 Å². The average molecular weight is 438 g/mol. The van der Waals surface area contributed by atoms with Gasteiger partial charge in [0.05, 0.1) is 12.1 Å². The Morgan fingerprint density at radius 1 is 1.03 bits per heavy atom. The van der Waals surface area contributed by atoms with E-state index in [1.54, 1.807) is 6.08 Å². The number of benzene rings is 2. The van der Waals surface area contributed by atoms with E-state index in [2.05, 4.69) is 0 Å². The molecule has 1 aliphatic rings. The van der Waals surface area contributed by atoms with Crippen LogP contribution in [0.3, 0.4) is 0 Å². The summed E-state index contributed by atoms with van der Waals surface area (Å²) in [5, 5.41) is 19.2. The van der Waals surface area contributed by atoms with Gasteiger partial charge in [-0.3, -0.25) is 9.59 Å². The number of rotatable bonds is 12. The molecule has 2 N–H and O–H groups in total. The van der Waals surface area contributed by atoms with Gasteiger partial charge in [0.1, 0.15) is 11.5 Å². The van der Waals surface area contributed by atoms with Gasteiger partial charge in [0.2, 0.25) is 5.91 Å². The van der Waals surface area contributed by atoms with Crippen molar-refractivity contribution >= 4 is 11.9 Å². The molecule has 6 heteroatoms. The molecule has 0 aliphatic carbocycles. The van der Waals surface area contributed by atoms with Crippen molar-refractivity contribution in [3.63, 3.8) is 0 Å². The van der Waals surface area contributed by atoms with Crippen LogP contribution in [0, 0.1) is 0 Å². The number of aliphatic hydroxyl groups excluding tert-OH is 1. The van der Waals surface area contributed by atoms with Gasteiger partial charge in [-0.15, -0.1) is 0 Å². The van der Waals surface area contributed by atoms with E-state index in [-0.39, 0.29) is 18.4 Å². The number of aliphatic hydroxyl groups is 1. The molecule has 1 aliphatic heterocycles. The summed E-state index contributed by atoms with van der Waals surface area (Å²) in [6.07, 6.45) is 7.70. The van der Waals surface area contributed by atoms with Crippen LogP contribution in [0.15, 0.2) is 66.7 Å². The molecular weight excluding hydrogens is 406 g/mol. The molecule has 2 aromatic rings. The van der Waals surface area contributed by atoms with Crippen molar-refractivity contribution in [2.75, 3.05) is 6.54 Å². The molecule has 1 amide bonds. The molecule has 1 unspecified atom stereocenters. The Kier molecular flexibility index (Phi) is 8.87. The van der Waals surface area contributed by atoms with Crippen LogP contribution in [0.2, 0.25) is 0 Å². The Labute approximate surface area is 189 Å². The zero-order chi connectivity index (χ0) is 22.8. The van der Waals surface area contributed by atoms with Crippen LogP contribution >= 0.6 is 0 Å². The SMILES string of the molecule is O=C(O)CCCCCCN1C(=O)CC[C@@H]1C=CC(O)c1ccc(Oc2ccccc2)cc1. The van der Waals surface area contributed by atoms with Gasteiger partial charge < -0.3 is 19.8 Å². The third kappa shape index (κ3) is 7.24. The van der Waals surface area contributed by atoms with Crippen LogP contribution in [-0.2, 0) is 9.59 Å². The van der Waals surface area contributed by atoms with Crippen LogP contribution in [0.4, 0.5) is 0 Å². The largest absolute Gasteiger partial charge is 0.481 e. The molecule has 0 spiro atoms. The van der Waals surface area contributed by atoms with Gasteiger partial charge in [-0.05, 0) is 49.1 Å². The number of hydrogen-bond donors (Lipinski definition) is 2. The summed E-state index contributed by atoms with van der Waals surface area (Å²) < 4.78 is 5.78. The third-order valence-corrected chi connectivity index (χ3v) is 5.63. The van der Waals surface area contributed by atoms with E-state index in [1.807, 2.05) is 65.6 Å². The van der Waals surface area contributed by atoms with E-state index in [0.29, 0.717) is 25.1 Å². The van der Waals surface area contributed by atoms with Crippen molar-refractivity contribution < 1.29 is 24.5 Å². The summed E-state index contributed by atoms with van der Waals surface area (Å²) >= 11 is 0. The molecule has 0 bridgehead atoms. The predicted octanol–water partition coefficient (Wildman–Crippen LogP) is 5.09. The van der Waals surface area contributed by atoms with Crippen LogP contribution in [0.5, 0.6) is 11.5 Å². The molecule has 1 fully saturated rings. The first kappa shape index (κ1) is 23.5. The minimum atomic E-state index is -0.762. The number of carbonyl (C=O) groups is 2. The second-order valence-electron chi connectivity index (χ2n) is 8.06. The summed E-state index contributed by atoms with van der Waals surface area (Å²) in [5.74, 6) is 0.838. The molecule has 0 radical (unpaired) electrons. The van der Waals surface area contributed by atoms with Gasteiger partial charge in [0.15, 0.2) is 0 Å². The molecule has 0 saturated carbocycles. The molecule has 2 aromatic carbocycles. The molecule has 1 saturated heterocycles. The van der Waals surface area contributed by atoms with Crippen molar-refractivity contribution in [2.24, 2.45) is 0 Å². The zero-order valence-electron chi connectivity index (χ0n) is 18.2. The van der Waals surface area contributed by atoms with Crippen LogP contribution in [-0.4, -0.2) is 39.6 Å². The number of para-hydroxylation sites is 1. The van der Waals surface area contributed by atoms with Gasteiger partial charge in [-0.1, -0.05) is 55.3 Å². The van der Waals surface area contributed by atoms with E-state index >= 15 is 0 Å². The summed E-state index contributed by atoms with van der Waals surface area (Å²) in [6, 6.07) is 16.8. The summed E-state index contributed by atoms with van der Waals surface area (Å²) in [6.45, 7) is 0.669. The number of carbonyl (C=O) groups excluding carboxylic acids is 1. The van der Waals surface area contributed by atoms with Crippen molar-refractivity contribution in [1.29, 1.82) is 0 Å². The van der Waals surface area contributed by atoms with Gasteiger partial charge in [0, 0.05) is 19.4 Å². The Balaban J connectivity index is 1.48. The first-order valence-electron chi connectivity index (χ1n) is 11.2. The number of aliphatic carboxylic acids is 1. The summed E-state index contributed by atoms with van der Waals surface area (Å²) in [7, 11) is 0. The highest BCUT2D eigenvalue weighted by molar-refractivity contribution is 5.79. The first-order valence-corrected chi connectivity index (χ1v) is 11.2. The quantitative estimate of drug-likeness (QED) is 0.357. The maximum absolute atomic E-state index is 12.2. The number of carboxylic acids is 1. The van der Waals surface area contributed by atoms with Gasteiger partial charge in [0.25, 0.3) is 0 Å². The highest BCUT2D eigenvalue weighted by Crippen LogP contribution is 2.25. The summed E-state index contributed by atoms with van der Waals surface area (Å²) in [5.41, 5.74) is 0.760. The van der Waals surface area contributed by atoms with Crippen molar-refractivity contribution in [2.45, 2.75) is 57.1 Å². The van der Waals surface area contributed by atoms with E-state index in [4.69, 9.17) is 9.84 Å². The molecule has 2 atom stereocenters. The number of amides is 1. The van der Waals surface area contributed by atoms with Crippen LogP contribution in [0.1, 0.15) is 56.6 Å². The first-order chi connectivity index (χ1) is 15.5. The zero-order valence-corrected chi connectivity index (χ0v) is 18.2. The monoisotopic (exact) mass is 437 g/mol. The molecule has 1 heterocycles. The number of unbranched alkanes of at least 4 members (excludes halogenated alkanes) is 3. The fourth-order valence-electron chi connectivity index (χ4n) is 3.86. The number of carboxylic acid groups (broad SMARTS) is 1. The highest BCUT2D eigenvalue weighted by Gasteiger charge is 2.28. The lowest BCUT2D eigenvalue weighted by molar-refractivity contribution is -0.137. The normalized spacial score (nSPS) is 17.1. The summed E-state index contributed by atoms with van der Waals surface area (Å²) in [4.78, 5) is 24.7. The molecule has 32 heavy (non-hydrogen) atoms. The molecular formula is C26H31NO5. The fraction of sp³-hybridized carbons (Fsp3) is 0.385. The van der Waals surface area contributed by atoms with Crippen molar-refractivity contribution in [1.82, 2.24) is 4.90 Å². The third-order valence-electron chi connectivity index (χ3n) is 5.63. The van der Waals surface area contributed by atoms with Crippen LogP contribution < -0.4 is 4.74 Å². The lowest BCUT2D eigenvalue weighted by Crippen LogP contribution is -2.32. The number of hydrogen-bond acceptors (Lipinski definition) is 4. The lowest BCUT2D eigenvalue weighted by atomic mass is 10.1. The average Bonchev–Trinajstić information content (AvgIpc) is 3.15. The van der Waals surface area contributed by atoms with Crippen LogP contribution in [0.25, 0.3) is 0 Å². The topological polar surface area (TPSA) is 87.1 Å².